The predicted octanol–water partition coefficient (Wildman–Crippen LogP) is 2.38. The Morgan fingerprint density at radius 1 is 1.13 bits per heavy atom. The van der Waals surface area contributed by atoms with Crippen molar-refractivity contribution in [2.24, 2.45) is 5.92 Å². The van der Waals surface area contributed by atoms with E-state index in [2.05, 4.69) is 21.2 Å². The van der Waals surface area contributed by atoms with Crippen LogP contribution in [0.15, 0.2) is 41.5 Å². The van der Waals surface area contributed by atoms with Crippen molar-refractivity contribution in [1.29, 1.82) is 0 Å². The maximum Gasteiger partial charge on any atom is 0.274 e. The lowest BCUT2D eigenvalue weighted by atomic mass is 9.82. The number of nitrogens with one attached hydrogen (secondary N) is 1. The molecule has 1 amide bonds. The van der Waals surface area contributed by atoms with E-state index >= 15 is 0 Å². The maximum absolute atomic E-state index is 13.3. The van der Waals surface area contributed by atoms with E-state index in [9.17, 15) is 9.59 Å². The number of aromatic amines is 1. The number of fused-ring (bicyclic) bond motifs is 5. The van der Waals surface area contributed by atoms with Gasteiger partial charge in [0.1, 0.15) is 0 Å². The highest BCUT2D eigenvalue weighted by Crippen LogP contribution is 2.37. The van der Waals surface area contributed by atoms with Crippen molar-refractivity contribution >= 4 is 5.91 Å². The molecule has 1 saturated heterocycles. The molecule has 3 aromatic heterocycles. The Morgan fingerprint density at radius 2 is 2.07 bits per heavy atom. The second-order valence-corrected chi connectivity index (χ2v) is 8.75. The first-order valence-corrected chi connectivity index (χ1v) is 10.7. The molecule has 2 atom stereocenters. The average molecular weight is 401 g/mol. The van der Waals surface area contributed by atoms with Crippen molar-refractivity contribution in [3.05, 3.63) is 69.7 Å². The lowest BCUT2D eigenvalue weighted by Crippen LogP contribution is -2.49. The Bertz CT molecular complexity index is 1200. The van der Waals surface area contributed by atoms with Gasteiger partial charge in [-0.15, -0.1) is 0 Å². The minimum atomic E-state index is 0.0308. The second-order valence-electron chi connectivity index (χ2n) is 8.75. The SMILES string of the molecule is O=C(c1n[nH]c2c1CCC2)N1C[C@@H]2C[C@H](C1)c1cc(-c3cccnc3)cc(=O)n1C2. The minimum absolute atomic E-state index is 0.0308. The molecule has 7 heteroatoms. The molecule has 152 valence electrons. The monoisotopic (exact) mass is 401 g/mol. The summed E-state index contributed by atoms with van der Waals surface area (Å²) in [4.78, 5) is 32.3. The predicted molar refractivity (Wildman–Crippen MR) is 111 cm³/mol. The standard InChI is InChI=1S/C23H23N5O2/c29-21-9-16(15-3-2-6-24-10-15)8-20-17-7-14(12-28(20)21)11-27(13-17)23(30)22-18-4-1-5-19(18)25-26-22/h2-3,6,8-10,14,17H,1,4-5,7,11-13H2,(H,25,26)/t14-,17+/m0/s1. The van der Waals surface area contributed by atoms with Gasteiger partial charge in [-0.2, -0.15) is 5.10 Å². The van der Waals surface area contributed by atoms with Gasteiger partial charge in [-0.3, -0.25) is 19.7 Å². The molecule has 0 aromatic carbocycles. The lowest BCUT2D eigenvalue weighted by molar-refractivity contribution is 0.0588. The van der Waals surface area contributed by atoms with Gasteiger partial charge < -0.3 is 9.47 Å². The van der Waals surface area contributed by atoms with E-state index in [0.29, 0.717) is 31.2 Å². The number of aryl methyl sites for hydroxylation is 1. The minimum Gasteiger partial charge on any atom is -0.336 e. The summed E-state index contributed by atoms with van der Waals surface area (Å²) in [5.41, 5.74) is 5.72. The normalized spacial score (nSPS) is 21.9. The summed E-state index contributed by atoms with van der Waals surface area (Å²) in [6.45, 7) is 1.99. The number of carbonyl (C=O) groups is 1. The Kier molecular flexibility index (Phi) is 3.91. The number of pyridine rings is 2. The fourth-order valence-corrected chi connectivity index (χ4v) is 5.47. The Morgan fingerprint density at radius 3 is 2.93 bits per heavy atom. The van der Waals surface area contributed by atoms with Gasteiger partial charge in [0, 0.05) is 66.5 Å². The molecule has 1 aliphatic carbocycles. The van der Waals surface area contributed by atoms with Gasteiger partial charge in [0.15, 0.2) is 5.69 Å². The van der Waals surface area contributed by atoms with Gasteiger partial charge in [-0.1, -0.05) is 6.07 Å². The third-order valence-corrected chi connectivity index (χ3v) is 6.85. The number of likely N-dealkylation sites (tertiary alicyclic amines) is 1. The molecule has 0 spiro atoms. The third kappa shape index (κ3) is 2.72. The molecular weight excluding hydrogens is 378 g/mol. The zero-order valence-electron chi connectivity index (χ0n) is 16.7. The second kappa shape index (κ2) is 6.65. The number of carbonyl (C=O) groups excluding carboxylic acids is 1. The number of aromatic nitrogens is 4. The zero-order valence-corrected chi connectivity index (χ0v) is 16.7. The van der Waals surface area contributed by atoms with Crippen LogP contribution in [0.1, 0.15) is 46.2 Å². The van der Waals surface area contributed by atoms with Crippen LogP contribution in [0, 0.1) is 5.92 Å². The molecule has 7 nitrogen and oxygen atoms in total. The highest BCUT2D eigenvalue weighted by atomic mass is 16.2. The molecule has 0 saturated carbocycles. The topological polar surface area (TPSA) is 83.9 Å². The highest BCUT2D eigenvalue weighted by molar-refractivity contribution is 5.94. The summed E-state index contributed by atoms with van der Waals surface area (Å²) in [6.07, 6.45) is 7.53. The van der Waals surface area contributed by atoms with Gasteiger partial charge >= 0.3 is 0 Å². The first kappa shape index (κ1) is 17.6. The van der Waals surface area contributed by atoms with E-state index in [1.54, 1.807) is 18.5 Å². The molecule has 3 aromatic rings. The summed E-state index contributed by atoms with van der Waals surface area (Å²) < 4.78 is 1.91. The van der Waals surface area contributed by atoms with Crippen LogP contribution in [0.4, 0.5) is 0 Å². The molecular formula is C23H23N5O2. The Hall–Kier alpha value is -3.22. The van der Waals surface area contributed by atoms with Crippen LogP contribution in [0.25, 0.3) is 11.1 Å². The van der Waals surface area contributed by atoms with E-state index < -0.39 is 0 Å². The molecule has 5 heterocycles. The highest BCUT2D eigenvalue weighted by Gasteiger charge is 2.38. The largest absolute Gasteiger partial charge is 0.336 e. The van der Waals surface area contributed by atoms with Crippen LogP contribution >= 0.6 is 0 Å². The number of amides is 1. The lowest BCUT2D eigenvalue weighted by Gasteiger charge is -2.42. The van der Waals surface area contributed by atoms with Crippen molar-refractivity contribution in [2.75, 3.05) is 13.1 Å². The van der Waals surface area contributed by atoms with Crippen molar-refractivity contribution in [3.8, 4) is 11.1 Å². The number of hydrogen-bond acceptors (Lipinski definition) is 4. The number of rotatable bonds is 2. The van der Waals surface area contributed by atoms with Gasteiger partial charge in [0.2, 0.25) is 0 Å². The molecule has 2 bridgehead atoms. The van der Waals surface area contributed by atoms with Crippen molar-refractivity contribution < 1.29 is 4.79 Å². The van der Waals surface area contributed by atoms with Crippen LogP contribution in [-0.2, 0) is 19.4 Å². The third-order valence-electron chi connectivity index (χ3n) is 6.85. The molecule has 1 N–H and O–H groups in total. The number of hydrogen-bond donors (Lipinski definition) is 1. The summed E-state index contributed by atoms with van der Waals surface area (Å²) in [5.74, 6) is 0.496. The maximum atomic E-state index is 13.3. The first-order chi connectivity index (χ1) is 14.7. The quantitative estimate of drug-likeness (QED) is 0.715. The zero-order chi connectivity index (χ0) is 20.2. The molecule has 30 heavy (non-hydrogen) atoms. The van der Waals surface area contributed by atoms with Crippen LogP contribution in [-0.4, -0.2) is 43.6 Å². The van der Waals surface area contributed by atoms with Crippen molar-refractivity contribution in [2.45, 2.75) is 38.1 Å². The smallest absolute Gasteiger partial charge is 0.274 e. The fraction of sp³-hybridized carbons (Fsp3) is 0.391. The summed E-state index contributed by atoms with van der Waals surface area (Å²) in [7, 11) is 0. The Labute approximate surface area is 173 Å². The van der Waals surface area contributed by atoms with E-state index in [-0.39, 0.29) is 17.4 Å². The molecule has 0 radical (unpaired) electrons. The number of nitrogens with zero attached hydrogens (tertiary/aromatic N) is 4. The summed E-state index contributed by atoms with van der Waals surface area (Å²) in [6, 6.07) is 7.67. The van der Waals surface area contributed by atoms with Gasteiger partial charge in [0.05, 0.1) is 0 Å². The van der Waals surface area contributed by atoms with Gasteiger partial charge in [0.25, 0.3) is 11.5 Å². The molecule has 0 unspecified atom stereocenters. The molecule has 3 aliphatic rings. The van der Waals surface area contributed by atoms with Gasteiger partial charge in [-0.05, 0) is 49.3 Å². The number of H-pyrrole nitrogens is 1. The molecule has 1 fully saturated rings. The van der Waals surface area contributed by atoms with Crippen LogP contribution in [0.5, 0.6) is 0 Å². The Balaban J connectivity index is 1.34. The van der Waals surface area contributed by atoms with Crippen molar-refractivity contribution in [1.82, 2.24) is 24.6 Å². The number of piperidine rings is 1. The molecule has 6 rings (SSSR count). The van der Waals surface area contributed by atoms with Crippen LogP contribution < -0.4 is 5.56 Å². The van der Waals surface area contributed by atoms with Crippen LogP contribution in [0.3, 0.4) is 0 Å². The van der Waals surface area contributed by atoms with E-state index in [4.69, 9.17) is 0 Å². The summed E-state index contributed by atoms with van der Waals surface area (Å²) in [5, 5.41) is 7.40. The van der Waals surface area contributed by atoms with Gasteiger partial charge in [-0.25, -0.2) is 0 Å². The van der Waals surface area contributed by atoms with Crippen LogP contribution in [0.2, 0.25) is 0 Å². The van der Waals surface area contributed by atoms with E-state index in [1.807, 2.05) is 21.6 Å². The van der Waals surface area contributed by atoms with E-state index in [0.717, 1.165) is 53.8 Å². The van der Waals surface area contributed by atoms with Crippen molar-refractivity contribution in [3.63, 3.8) is 0 Å². The summed E-state index contributed by atoms with van der Waals surface area (Å²) >= 11 is 0. The average Bonchev–Trinajstić information content (AvgIpc) is 3.38. The molecule has 2 aliphatic heterocycles. The van der Waals surface area contributed by atoms with E-state index in [1.165, 1.54) is 0 Å². The first-order valence-electron chi connectivity index (χ1n) is 10.7. The fourth-order valence-electron chi connectivity index (χ4n) is 5.47.